The highest BCUT2D eigenvalue weighted by Gasteiger charge is 2.08. The number of anilines is 1. The lowest BCUT2D eigenvalue weighted by atomic mass is 10.3. The molecule has 2 aromatic rings. The molecule has 0 aliphatic carbocycles. The van der Waals surface area contributed by atoms with Gasteiger partial charge in [-0.3, -0.25) is 0 Å². The maximum atomic E-state index is 5.82. The van der Waals surface area contributed by atoms with Crippen molar-refractivity contribution in [2.45, 2.75) is 0 Å². The quantitative estimate of drug-likeness (QED) is 0.771. The van der Waals surface area contributed by atoms with Gasteiger partial charge < -0.3 is 9.64 Å². The molecule has 0 radical (unpaired) electrons. The maximum Gasteiger partial charge on any atom is 0.328 e. The fraction of sp³-hybridized carbons (Fsp3) is 0.182. The van der Waals surface area contributed by atoms with Gasteiger partial charge in [0.1, 0.15) is 5.75 Å². The second-order valence-electron chi connectivity index (χ2n) is 3.64. The van der Waals surface area contributed by atoms with Crippen LogP contribution in [0, 0.1) is 3.57 Å². The Kier molecular flexibility index (Phi) is 4.18. The molecule has 0 amide bonds. The summed E-state index contributed by atoms with van der Waals surface area (Å²) in [6.07, 6.45) is 0. The number of nitrogens with zero attached hydrogens (tertiary/aromatic N) is 4. The third-order valence-corrected chi connectivity index (χ3v) is 2.82. The molecule has 0 bridgehead atoms. The van der Waals surface area contributed by atoms with Crippen molar-refractivity contribution < 1.29 is 4.74 Å². The lowest BCUT2D eigenvalue weighted by Crippen LogP contribution is -2.13. The number of hydrogen-bond donors (Lipinski definition) is 0. The average molecular weight is 377 g/mol. The fourth-order valence-corrected chi connectivity index (χ4v) is 1.87. The van der Waals surface area contributed by atoms with Gasteiger partial charge in [-0.15, -0.1) is 0 Å². The van der Waals surface area contributed by atoms with E-state index in [-0.39, 0.29) is 11.3 Å². The molecule has 0 saturated heterocycles. The van der Waals surface area contributed by atoms with Crippen LogP contribution < -0.4 is 9.64 Å². The first-order chi connectivity index (χ1) is 8.54. The second-order valence-corrected chi connectivity index (χ2v) is 5.22. The molecule has 5 nitrogen and oxygen atoms in total. The van der Waals surface area contributed by atoms with Crippen LogP contribution in [-0.4, -0.2) is 29.0 Å². The number of hydrogen-bond acceptors (Lipinski definition) is 5. The van der Waals surface area contributed by atoms with E-state index in [2.05, 4.69) is 37.5 Å². The van der Waals surface area contributed by atoms with Crippen LogP contribution in [0.5, 0.6) is 11.8 Å². The van der Waals surface area contributed by atoms with Gasteiger partial charge in [0.05, 0.1) is 0 Å². The SMILES string of the molecule is CN(C)c1nc(Cl)nc(Oc2cccc(I)c2)n1. The van der Waals surface area contributed by atoms with Crippen LogP contribution in [0.1, 0.15) is 0 Å². The molecule has 0 aliphatic heterocycles. The normalized spacial score (nSPS) is 10.2. The monoisotopic (exact) mass is 376 g/mol. The van der Waals surface area contributed by atoms with Gasteiger partial charge in [0.25, 0.3) is 0 Å². The van der Waals surface area contributed by atoms with E-state index in [4.69, 9.17) is 16.3 Å². The highest BCUT2D eigenvalue weighted by molar-refractivity contribution is 14.1. The van der Waals surface area contributed by atoms with Crippen LogP contribution >= 0.6 is 34.2 Å². The van der Waals surface area contributed by atoms with Gasteiger partial charge >= 0.3 is 6.01 Å². The van der Waals surface area contributed by atoms with Crippen molar-refractivity contribution in [3.05, 3.63) is 33.1 Å². The molecule has 1 aromatic carbocycles. The lowest BCUT2D eigenvalue weighted by Gasteiger charge is -2.11. The van der Waals surface area contributed by atoms with Crippen molar-refractivity contribution >= 4 is 40.1 Å². The Morgan fingerprint density at radius 1 is 1.22 bits per heavy atom. The van der Waals surface area contributed by atoms with E-state index in [1.165, 1.54) is 0 Å². The molecule has 0 N–H and O–H groups in total. The van der Waals surface area contributed by atoms with Gasteiger partial charge in [-0.1, -0.05) is 6.07 Å². The molecule has 94 valence electrons. The van der Waals surface area contributed by atoms with Crippen molar-refractivity contribution in [1.82, 2.24) is 15.0 Å². The average Bonchev–Trinajstić information content (AvgIpc) is 2.28. The largest absolute Gasteiger partial charge is 0.424 e. The zero-order valence-corrected chi connectivity index (χ0v) is 12.7. The highest BCUT2D eigenvalue weighted by Crippen LogP contribution is 2.22. The van der Waals surface area contributed by atoms with E-state index < -0.39 is 0 Å². The Morgan fingerprint density at radius 2 is 2.00 bits per heavy atom. The molecule has 0 spiro atoms. The second kappa shape index (κ2) is 5.66. The Hall–Kier alpha value is -1.15. The minimum absolute atomic E-state index is 0.106. The molecule has 1 heterocycles. The van der Waals surface area contributed by atoms with Gasteiger partial charge in [-0.05, 0) is 52.4 Å². The Labute approximate surface area is 123 Å². The summed E-state index contributed by atoms with van der Waals surface area (Å²) >= 11 is 8.03. The van der Waals surface area contributed by atoms with Gasteiger partial charge in [-0.25, -0.2) is 0 Å². The zero-order chi connectivity index (χ0) is 13.1. The molecular weight excluding hydrogens is 367 g/mol. The zero-order valence-electron chi connectivity index (χ0n) is 9.76. The summed E-state index contributed by atoms with van der Waals surface area (Å²) in [5.41, 5.74) is 0. The standard InChI is InChI=1S/C11H10ClIN4O/c1-17(2)10-14-9(12)15-11(16-10)18-8-5-3-4-7(13)6-8/h3-6H,1-2H3. The van der Waals surface area contributed by atoms with Crippen molar-refractivity contribution in [2.75, 3.05) is 19.0 Å². The fourth-order valence-electron chi connectivity index (χ4n) is 1.20. The van der Waals surface area contributed by atoms with Gasteiger partial charge in [0.2, 0.25) is 11.2 Å². The molecule has 0 unspecified atom stereocenters. The van der Waals surface area contributed by atoms with Crippen molar-refractivity contribution in [1.29, 1.82) is 0 Å². The summed E-state index contributed by atoms with van der Waals surface area (Å²) in [6, 6.07) is 7.76. The Morgan fingerprint density at radius 3 is 2.67 bits per heavy atom. The third-order valence-electron chi connectivity index (χ3n) is 1.98. The predicted octanol–water partition coefficient (Wildman–Crippen LogP) is 2.99. The van der Waals surface area contributed by atoms with Crippen molar-refractivity contribution in [3.63, 3.8) is 0 Å². The van der Waals surface area contributed by atoms with E-state index in [1.54, 1.807) is 4.90 Å². The van der Waals surface area contributed by atoms with Gasteiger partial charge in [0.15, 0.2) is 0 Å². The number of benzene rings is 1. The number of halogens is 2. The summed E-state index contributed by atoms with van der Waals surface area (Å²) in [5, 5.41) is 0.106. The molecule has 1 aromatic heterocycles. The van der Waals surface area contributed by atoms with E-state index in [1.807, 2.05) is 38.4 Å². The van der Waals surface area contributed by atoms with Gasteiger partial charge in [-0.2, -0.15) is 15.0 Å². The molecule has 2 rings (SSSR count). The molecule has 18 heavy (non-hydrogen) atoms. The highest BCUT2D eigenvalue weighted by atomic mass is 127. The lowest BCUT2D eigenvalue weighted by molar-refractivity contribution is 0.439. The Balaban J connectivity index is 2.29. The third kappa shape index (κ3) is 3.42. The molecule has 7 heteroatoms. The molecular formula is C11H10ClIN4O. The minimum atomic E-state index is 0.106. The summed E-state index contributed by atoms with van der Waals surface area (Å²) < 4.78 is 6.62. The van der Waals surface area contributed by atoms with Crippen molar-refractivity contribution in [2.24, 2.45) is 0 Å². The summed E-state index contributed by atoms with van der Waals surface area (Å²) in [5.74, 6) is 1.12. The van der Waals surface area contributed by atoms with E-state index >= 15 is 0 Å². The molecule has 0 saturated carbocycles. The Bertz CT molecular complexity index is 564. The first-order valence-electron chi connectivity index (χ1n) is 5.07. The van der Waals surface area contributed by atoms with E-state index in [9.17, 15) is 0 Å². The number of ether oxygens (including phenoxy) is 1. The van der Waals surface area contributed by atoms with Crippen LogP contribution in [0.2, 0.25) is 5.28 Å². The maximum absolute atomic E-state index is 5.82. The van der Waals surface area contributed by atoms with E-state index in [0.717, 1.165) is 3.57 Å². The summed E-state index contributed by atoms with van der Waals surface area (Å²) in [4.78, 5) is 13.8. The first kappa shape index (κ1) is 13.3. The molecule has 0 aliphatic rings. The van der Waals surface area contributed by atoms with Crippen LogP contribution in [0.3, 0.4) is 0 Å². The molecule has 0 fully saturated rings. The van der Waals surface area contributed by atoms with Gasteiger partial charge in [0, 0.05) is 17.7 Å². The summed E-state index contributed by atoms with van der Waals surface area (Å²) in [6.45, 7) is 0. The summed E-state index contributed by atoms with van der Waals surface area (Å²) in [7, 11) is 3.64. The van der Waals surface area contributed by atoms with Crippen molar-refractivity contribution in [3.8, 4) is 11.8 Å². The molecule has 0 atom stereocenters. The smallest absolute Gasteiger partial charge is 0.328 e. The minimum Gasteiger partial charge on any atom is -0.424 e. The van der Waals surface area contributed by atoms with Crippen LogP contribution in [-0.2, 0) is 0 Å². The van der Waals surface area contributed by atoms with Crippen LogP contribution in [0.15, 0.2) is 24.3 Å². The first-order valence-corrected chi connectivity index (χ1v) is 6.52. The topological polar surface area (TPSA) is 51.1 Å². The number of aromatic nitrogens is 3. The number of rotatable bonds is 3. The van der Waals surface area contributed by atoms with Crippen LogP contribution in [0.25, 0.3) is 0 Å². The van der Waals surface area contributed by atoms with E-state index in [0.29, 0.717) is 11.7 Å². The van der Waals surface area contributed by atoms with Crippen LogP contribution in [0.4, 0.5) is 5.95 Å². The predicted molar refractivity (Wildman–Crippen MR) is 78.4 cm³/mol.